The Kier molecular flexibility index (Phi) is 4.79. The molecule has 1 aliphatic heterocycles. The highest BCUT2D eigenvalue weighted by Gasteiger charge is 2.50. The molecule has 0 unspecified atom stereocenters. The number of carbonyl (C=O) groups excluding carboxylic acids is 2. The van der Waals surface area contributed by atoms with Crippen LogP contribution in [0.15, 0.2) is 51.2 Å². The third-order valence-corrected chi connectivity index (χ3v) is 6.03. The number of thiophene rings is 1. The van der Waals surface area contributed by atoms with Gasteiger partial charge in [-0.25, -0.2) is 0 Å². The molecule has 0 radical (unpaired) electrons. The molecule has 0 bridgehead atoms. The molecule has 1 N–H and O–H groups in total. The van der Waals surface area contributed by atoms with E-state index in [1.54, 1.807) is 36.4 Å². The summed E-state index contributed by atoms with van der Waals surface area (Å²) in [4.78, 5) is 27.3. The van der Waals surface area contributed by atoms with Crippen LogP contribution in [-0.4, -0.2) is 23.3 Å². The number of carbonyl (C=O) groups is 2. The van der Waals surface area contributed by atoms with Gasteiger partial charge in [0.05, 0.1) is 20.8 Å². The Morgan fingerprint density at radius 1 is 1.33 bits per heavy atom. The van der Waals surface area contributed by atoms with Crippen molar-refractivity contribution in [2.75, 3.05) is 11.4 Å². The van der Waals surface area contributed by atoms with Gasteiger partial charge in [-0.3, -0.25) is 9.59 Å². The van der Waals surface area contributed by atoms with E-state index in [0.717, 1.165) is 8.26 Å². The van der Waals surface area contributed by atoms with Gasteiger partial charge < -0.3 is 10.0 Å². The van der Waals surface area contributed by atoms with Gasteiger partial charge in [0.2, 0.25) is 0 Å². The largest absolute Gasteiger partial charge is 0.375 e. The molecule has 2 heterocycles. The smallest absolute Gasteiger partial charge is 0.264 e. The van der Waals surface area contributed by atoms with Gasteiger partial charge in [-0.05, 0) is 46.3 Å². The first-order chi connectivity index (χ1) is 11.4. The number of fused-ring (bicyclic) bond motifs is 1. The summed E-state index contributed by atoms with van der Waals surface area (Å²) >= 11 is 7.96. The van der Waals surface area contributed by atoms with Crippen molar-refractivity contribution in [3.8, 4) is 0 Å². The third kappa shape index (κ3) is 2.90. The van der Waals surface area contributed by atoms with Gasteiger partial charge in [-0.1, -0.05) is 22.0 Å². The summed E-state index contributed by atoms with van der Waals surface area (Å²) in [6.45, 7) is 3.93. The zero-order valence-corrected chi connectivity index (χ0v) is 16.4. The van der Waals surface area contributed by atoms with Crippen molar-refractivity contribution in [2.24, 2.45) is 0 Å². The zero-order valence-electron chi connectivity index (χ0n) is 12.5. The summed E-state index contributed by atoms with van der Waals surface area (Å²) in [7, 11) is 0. The maximum absolute atomic E-state index is 12.8. The van der Waals surface area contributed by atoms with Crippen molar-refractivity contribution in [2.45, 2.75) is 12.0 Å². The first-order valence-corrected chi connectivity index (χ1v) is 9.51. The Balaban J connectivity index is 2.02. The predicted molar refractivity (Wildman–Crippen MR) is 102 cm³/mol. The maximum Gasteiger partial charge on any atom is 0.264 e. The molecule has 1 aromatic carbocycles. The molecule has 124 valence electrons. The molecule has 0 saturated heterocycles. The number of aliphatic hydroxyl groups is 1. The number of anilines is 1. The van der Waals surface area contributed by atoms with Crippen LogP contribution in [0.2, 0.25) is 0 Å². The van der Waals surface area contributed by atoms with Gasteiger partial charge in [0, 0.05) is 16.6 Å². The molecule has 1 amide bonds. The molecule has 0 spiro atoms. The predicted octanol–water partition coefficient (Wildman–Crippen LogP) is 4.27. The average Bonchev–Trinajstić information content (AvgIpc) is 3.05. The summed E-state index contributed by atoms with van der Waals surface area (Å²) < 4.78 is 1.56. The number of ketones is 1. The number of hydrogen-bond acceptors (Lipinski definition) is 4. The molecule has 0 fully saturated rings. The SMILES string of the molecule is C=CCN1C(=O)[C@@](O)(CC(=O)c2ccc(Br)s2)c2cc(Br)ccc21. The second-order valence-electron chi connectivity index (χ2n) is 5.43. The fourth-order valence-corrected chi connectivity index (χ4v) is 4.47. The first kappa shape index (κ1) is 17.5. The van der Waals surface area contributed by atoms with Crippen LogP contribution in [0.3, 0.4) is 0 Å². The Morgan fingerprint density at radius 2 is 2.08 bits per heavy atom. The van der Waals surface area contributed by atoms with E-state index in [4.69, 9.17) is 0 Å². The molecule has 1 aliphatic rings. The monoisotopic (exact) mass is 469 g/mol. The fraction of sp³-hybridized carbons (Fsp3) is 0.176. The minimum Gasteiger partial charge on any atom is -0.375 e. The summed E-state index contributed by atoms with van der Waals surface area (Å²) in [6.07, 6.45) is 1.30. The molecule has 1 atom stereocenters. The second kappa shape index (κ2) is 6.55. The lowest BCUT2D eigenvalue weighted by molar-refractivity contribution is -0.135. The zero-order chi connectivity index (χ0) is 17.5. The van der Waals surface area contributed by atoms with Gasteiger partial charge in [0.15, 0.2) is 11.4 Å². The van der Waals surface area contributed by atoms with Crippen molar-refractivity contribution in [3.63, 3.8) is 0 Å². The van der Waals surface area contributed by atoms with Crippen molar-refractivity contribution in [3.05, 3.63) is 61.7 Å². The minimum atomic E-state index is -1.87. The molecule has 24 heavy (non-hydrogen) atoms. The lowest BCUT2D eigenvalue weighted by Gasteiger charge is -2.21. The summed E-state index contributed by atoms with van der Waals surface area (Å²) in [5.74, 6) is -0.771. The minimum absolute atomic E-state index is 0.270. The number of amides is 1. The Hall–Kier alpha value is -1.28. The van der Waals surface area contributed by atoms with E-state index in [-0.39, 0.29) is 18.7 Å². The summed E-state index contributed by atoms with van der Waals surface area (Å²) in [6, 6.07) is 8.70. The Bertz CT molecular complexity index is 848. The van der Waals surface area contributed by atoms with Gasteiger partial charge in [-0.2, -0.15) is 0 Å². The van der Waals surface area contributed by atoms with Crippen LogP contribution in [0.5, 0.6) is 0 Å². The number of halogens is 2. The molecule has 0 aliphatic carbocycles. The van der Waals surface area contributed by atoms with E-state index >= 15 is 0 Å². The maximum atomic E-state index is 12.8. The molecule has 3 rings (SSSR count). The van der Waals surface area contributed by atoms with Crippen LogP contribution in [0.4, 0.5) is 5.69 Å². The first-order valence-electron chi connectivity index (χ1n) is 7.10. The van der Waals surface area contributed by atoms with E-state index in [1.165, 1.54) is 16.2 Å². The lowest BCUT2D eigenvalue weighted by atomic mass is 9.89. The van der Waals surface area contributed by atoms with Crippen LogP contribution in [0.25, 0.3) is 0 Å². The highest BCUT2D eigenvalue weighted by Crippen LogP contribution is 2.44. The molecule has 2 aromatic rings. The lowest BCUT2D eigenvalue weighted by Crippen LogP contribution is -2.41. The molecule has 7 heteroatoms. The second-order valence-corrected chi connectivity index (χ2v) is 8.81. The number of Topliss-reactive ketones (excluding diaryl/α,β-unsaturated/α-hetero) is 1. The van der Waals surface area contributed by atoms with Crippen molar-refractivity contribution >= 4 is 60.6 Å². The van der Waals surface area contributed by atoms with E-state index in [0.29, 0.717) is 16.1 Å². The number of rotatable bonds is 5. The molecular weight excluding hydrogens is 458 g/mol. The van der Waals surface area contributed by atoms with Crippen LogP contribution < -0.4 is 4.90 Å². The molecular formula is C17H13Br2NO3S. The third-order valence-electron chi connectivity index (χ3n) is 3.87. The normalized spacial score (nSPS) is 19.5. The van der Waals surface area contributed by atoms with E-state index in [1.807, 2.05) is 0 Å². The Morgan fingerprint density at radius 3 is 2.71 bits per heavy atom. The number of nitrogens with zero attached hydrogens (tertiary/aromatic N) is 1. The van der Waals surface area contributed by atoms with Crippen LogP contribution in [-0.2, 0) is 10.4 Å². The topological polar surface area (TPSA) is 57.6 Å². The van der Waals surface area contributed by atoms with Gasteiger partial charge in [0.1, 0.15) is 0 Å². The van der Waals surface area contributed by atoms with E-state index in [2.05, 4.69) is 38.4 Å². The average molecular weight is 471 g/mol. The van der Waals surface area contributed by atoms with Gasteiger partial charge >= 0.3 is 0 Å². The van der Waals surface area contributed by atoms with Gasteiger partial charge in [-0.15, -0.1) is 17.9 Å². The molecule has 1 aromatic heterocycles. The number of benzene rings is 1. The Labute approximate surface area is 160 Å². The van der Waals surface area contributed by atoms with E-state index in [9.17, 15) is 14.7 Å². The van der Waals surface area contributed by atoms with Gasteiger partial charge in [0.25, 0.3) is 5.91 Å². The van der Waals surface area contributed by atoms with Crippen LogP contribution >= 0.6 is 43.2 Å². The van der Waals surface area contributed by atoms with Crippen molar-refractivity contribution in [1.29, 1.82) is 0 Å². The van der Waals surface area contributed by atoms with Crippen molar-refractivity contribution in [1.82, 2.24) is 0 Å². The standard InChI is InChI=1S/C17H13Br2NO3S/c1-2-7-20-12-4-3-10(18)8-11(12)17(23,16(20)22)9-13(21)14-5-6-15(19)24-14/h2-6,8,23H,1,7,9H2/t17-/m1/s1. The molecule has 4 nitrogen and oxygen atoms in total. The van der Waals surface area contributed by atoms with E-state index < -0.39 is 11.5 Å². The highest BCUT2D eigenvalue weighted by molar-refractivity contribution is 9.11. The highest BCUT2D eigenvalue weighted by atomic mass is 79.9. The quantitative estimate of drug-likeness (QED) is 0.524. The van der Waals surface area contributed by atoms with Crippen LogP contribution in [0.1, 0.15) is 21.7 Å². The fourth-order valence-electron chi connectivity index (χ4n) is 2.79. The summed E-state index contributed by atoms with van der Waals surface area (Å²) in [5.41, 5.74) is -0.825. The van der Waals surface area contributed by atoms with Crippen molar-refractivity contribution < 1.29 is 14.7 Å². The van der Waals surface area contributed by atoms with Crippen LogP contribution in [0, 0.1) is 0 Å². The molecule has 0 saturated carbocycles. The summed E-state index contributed by atoms with van der Waals surface area (Å²) in [5, 5.41) is 11.1. The number of hydrogen-bond donors (Lipinski definition) is 1.